The van der Waals surface area contributed by atoms with Gasteiger partial charge in [0, 0.05) is 16.7 Å². The van der Waals surface area contributed by atoms with Crippen molar-refractivity contribution in [3.63, 3.8) is 0 Å². The summed E-state index contributed by atoms with van der Waals surface area (Å²) in [5.41, 5.74) is 9.21. The topological polar surface area (TPSA) is 62.5 Å². The summed E-state index contributed by atoms with van der Waals surface area (Å²) in [6.45, 7) is 10.0. The molecule has 4 heteroatoms. The highest BCUT2D eigenvalue weighted by atomic mass is 15.0. The zero-order chi connectivity index (χ0) is 37.0. The summed E-state index contributed by atoms with van der Waals surface area (Å²) in [6, 6.07) is 36.9. The van der Waals surface area contributed by atoms with Crippen LogP contribution in [-0.2, 0) is 10.8 Å². The van der Waals surface area contributed by atoms with Crippen LogP contribution < -0.4 is 0 Å². The highest BCUT2D eigenvalue weighted by molar-refractivity contribution is 5.75. The van der Waals surface area contributed by atoms with Crippen LogP contribution in [0.15, 0.2) is 97.1 Å². The van der Waals surface area contributed by atoms with E-state index in [9.17, 15) is 5.26 Å². The first-order valence-electron chi connectivity index (χ1n) is 20.7. The van der Waals surface area contributed by atoms with E-state index in [1.165, 1.54) is 69.8 Å². The van der Waals surface area contributed by atoms with Crippen molar-refractivity contribution in [2.24, 2.45) is 35.5 Å². The van der Waals surface area contributed by atoms with E-state index in [2.05, 4.69) is 64.1 Å². The minimum absolute atomic E-state index is 0.209. The van der Waals surface area contributed by atoms with Crippen LogP contribution in [0.4, 0.5) is 0 Å². The summed E-state index contributed by atoms with van der Waals surface area (Å²) in [7, 11) is 0. The summed E-state index contributed by atoms with van der Waals surface area (Å²) in [5, 5.41) is 10.5. The first-order valence-corrected chi connectivity index (χ1v) is 20.7. The largest absolute Gasteiger partial charge is 0.208 e. The van der Waals surface area contributed by atoms with Gasteiger partial charge in [-0.2, -0.15) is 5.26 Å². The molecule has 4 aliphatic carbocycles. The van der Waals surface area contributed by atoms with Crippen molar-refractivity contribution in [2.45, 2.75) is 103 Å². The summed E-state index contributed by atoms with van der Waals surface area (Å²) >= 11 is 0. The molecule has 0 spiro atoms. The second-order valence-corrected chi connectivity index (χ2v) is 18.6. The van der Waals surface area contributed by atoms with Gasteiger partial charge in [-0.15, -0.1) is 0 Å². The van der Waals surface area contributed by atoms with Crippen LogP contribution in [0.1, 0.15) is 109 Å². The van der Waals surface area contributed by atoms with Crippen molar-refractivity contribution in [1.82, 2.24) is 15.0 Å². The molecule has 0 aliphatic heterocycles. The average molecular weight is 711 g/mol. The molecular formula is C50H54N4. The standard InChI is InChI=1S/C50H54N4/c1-32-15-36-16-33(2)26-49(25-32,29-36)44-22-42(23-45(24-44)50-27-34(3)17-37(30-50)18-35(4)28-50)41-19-38(31-51)20-43(21-41)48-53-46(39-11-7-5-8-12-39)52-47(54-48)40-13-9-6-10-14-40/h5-14,19-24,32-37H,15-18,25-30H2,1-4H3/t32-,33+,34-,35+,36-,37-,49?,50?. The van der Waals surface area contributed by atoms with Crippen LogP contribution in [0.5, 0.6) is 0 Å². The lowest BCUT2D eigenvalue weighted by atomic mass is 9.52. The normalized spacial score (nSPS) is 30.4. The Morgan fingerprint density at radius 3 is 1.28 bits per heavy atom. The van der Waals surface area contributed by atoms with Crippen molar-refractivity contribution >= 4 is 0 Å². The maximum Gasteiger partial charge on any atom is 0.164 e. The maximum absolute atomic E-state index is 10.5. The predicted molar refractivity (Wildman–Crippen MR) is 219 cm³/mol. The van der Waals surface area contributed by atoms with Gasteiger partial charge in [0.2, 0.25) is 0 Å². The number of aromatic nitrogens is 3. The molecule has 0 radical (unpaired) electrons. The zero-order valence-electron chi connectivity index (χ0n) is 32.6. The molecule has 9 rings (SSSR count). The van der Waals surface area contributed by atoms with E-state index in [1.54, 1.807) is 11.1 Å². The van der Waals surface area contributed by atoms with Gasteiger partial charge in [-0.25, -0.2) is 15.0 Å². The monoisotopic (exact) mass is 710 g/mol. The molecule has 54 heavy (non-hydrogen) atoms. The zero-order valence-corrected chi connectivity index (χ0v) is 32.6. The molecule has 0 N–H and O–H groups in total. The van der Waals surface area contributed by atoms with Gasteiger partial charge < -0.3 is 0 Å². The fourth-order valence-electron chi connectivity index (χ4n) is 12.4. The van der Waals surface area contributed by atoms with Crippen LogP contribution in [0.2, 0.25) is 0 Å². The van der Waals surface area contributed by atoms with E-state index in [1.807, 2.05) is 66.7 Å². The molecule has 8 atom stereocenters. The molecule has 4 fully saturated rings. The van der Waals surface area contributed by atoms with Gasteiger partial charge in [0.15, 0.2) is 17.5 Å². The molecular weight excluding hydrogens is 657 g/mol. The van der Waals surface area contributed by atoms with Gasteiger partial charge in [-0.05, 0) is 151 Å². The number of fused-ring (bicyclic) bond motifs is 4. The van der Waals surface area contributed by atoms with E-state index in [4.69, 9.17) is 15.0 Å². The Balaban J connectivity index is 1.23. The van der Waals surface area contributed by atoms with Gasteiger partial charge in [-0.1, -0.05) is 107 Å². The van der Waals surface area contributed by atoms with Gasteiger partial charge in [0.1, 0.15) is 0 Å². The lowest BCUT2D eigenvalue weighted by molar-refractivity contribution is 0.0738. The molecule has 4 saturated carbocycles. The van der Waals surface area contributed by atoms with E-state index < -0.39 is 0 Å². The summed E-state index contributed by atoms with van der Waals surface area (Å²) in [4.78, 5) is 15.1. The third kappa shape index (κ3) is 6.70. The number of nitrogens with zero attached hydrogens (tertiary/aromatic N) is 4. The highest BCUT2D eigenvalue weighted by Crippen LogP contribution is 2.58. The van der Waals surface area contributed by atoms with Crippen molar-refractivity contribution in [3.8, 4) is 51.4 Å². The van der Waals surface area contributed by atoms with E-state index in [0.29, 0.717) is 23.0 Å². The SMILES string of the molecule is C[C@@H]1C[C@@H]2C[C@H](C)CC(c3cc(-c4cc(C#N)cc(-c5nc(-c6ccccc6)nc(-c6ccccc6)n5)c4)cc(C45C[C@H](C)C[C@H](C[C@H](C)C4)C5)c3)(C1)C2. The van der Waals surface area contributed by atoms with Crippen LogP contribution >= 0.6 is 0 Å². The third-order valence-electron chi connectivity index (χ3n) is 13.8. The first kappa shape index (κ1) is 35.1. The minimum Gasteiger partial charge on any atom is -0.208 e. The van der Waals surface area contributed by atoms with Crippen LogP contribution in [0, 0.1) is 46.8 Å². The fraction of sp³-hybridized carbons (Fsp3) is 0.440. The molecule has 2 unspecified atom stereocenters. The molecule has 1 aromatic heterocycles. The van der Waals surface area contributed by atoms with Gasteiger partial charge in [0.05, 0.1) is 11.6 Å². The molecule has 4 aromatic carbocycles. The van der Waals surface area contributed by atoms with E-state index >= 15 is 0 Å². The van der Waals surface area contributed by atoms with Crippen LogP contribution in [0.25, 0.3) is 45.3 Å². The number of rotatable bonds is 6. The second-order valence-electron chi connectivity index (χ2n) is 18.6. The van der Waals surface area contributed by atoms with Crippen molar-refractivity contribution in [1.29, 1.82) is 5.26 Å². The molecule has 4 bridgehead atoms. The second kappa shape index (κ2) is 13.9. The van der Waals surface area contributed by atoms with E-state index in [-0.39, 0.29) is 10.8 Å². The van der Waals surface area contributed by atoms with Crippen molar-refractivity contribution in [3.05, 3.63) is 114 Å². The van der Waals surface area contributed by atoms with Crippen molar-refractivity contribution < 1.29 is 0 Å². The molecule has 0 saturated heterocycles. The van der Waals surface area contributed by atoms with Crippen LogP contribution in [0.3, 0.4) is 0 Å². The lowest BCUT2D eigenvalue weighted by Gasteiger charge is -2.52. The quantitative estimate of drug-likeness (QED) is 0.176. The number of benzene rings is 4. The van der Waals surface area contributed by atoms with E-state index in [0.717, 1.165) is 57.8 Å². The Morgan fingerprint density at radius 1 is 0.463 bits per heavy atom. The Labute approximate surface area is 322 Å². The van der Waals surface area contributed by atoms with Crippen molar-refractivity contribution in [2.75, 3.05) is 0 Å². The van der Waals surface area contributed by atoms with Gasteiger partial charge in [0.25, 0.3) is 0 Å². The van der Waals surface area contributed by atoms with Gasteiger partial charge >= 0.3 is 0 Å². The molecule has 0 amide bonds. The molecule has 1 heterocycles. The van der Waals surface area contributed by atoms with Crippen LogP contribution in [-0.4, -0.2) is 15.0 Å². The molecule has 4 aliphatic rings. The Kier molecular flexibility index (Phi) is 9.04. The maximum atomic E-state index is 10.5. The fourth-order valence-corrected chi connectivity index (χ4v) is 12.4. The minimum atomic E-state index is 0.209. The summed E-state index contributed by atoms with van der Waals surface area (Å²) < 4.78 is 0. The number of hydrogen-bond donors (Lipinski definition) is 0. The Bertz CT molecular complexity index is 2040. The predicted octanol–water partition coefficient (Wildman–Crippen LogP) is 12.6. The average Bonchev–Trinajstić information content (AvgIpc) is 3.17. The third-order valence-corrected chi connectivity index (χ3v) is 13.8. The van der Waals surface area contributed by atoms with Gasteiger partial charge in [-0.3, -0.25) is 0 Å². The molecule has 4 nitrogen and oxygen atoms in total. The lowest BCUT2D eigenvalue weighted by Crippen LogP contribution is -2.44. The summed E-state index contributed by atoms with van der Waals surface area (Å²) in [5.74, 6) is 6.44. The highest BCUT2D eigenvalue weighted by Gasteiger charge is 2.48. The molecule has 5 aromatic rings. The number of nitriles is 1. The Hall–Kier alpha value is -4.62. The summed E-state index contributed by atoms with van der Waals surface area (Å²) in [6.07, 6.45) is 13.2. The first-order chi connectivity index (χ1) is 26.2. The number of hydrogen-bond acceptors (Lipinski definition) is 4. The molecule has 274 valence electrons. The Morgan fingerprint density at radius 2 is 0.852 bits per heavy atom. The smallest absolute Gasteiger partial charge is 0.164 e.